The molecular formula is C20H19F2N3O5S. The number of rotatable bonds is 6. The summed E-state index contributed by atoms with van der Waals surface area (Å²) in [7, 11) is -2.47. The monoisotopic (exact) mass is 451 g/mol. The Balaban J connectivity index is 1.70. The molecule has 0 saturated carbocycles. The van der Waals surface area contributed by atoms with Crippen LogP contribution in [0.1, 0.15) is 15.9 Å². The minimum atomic E-state index is -3.76. The molecule has 0 radical (unpaired) electrons. The zero-order chi connectivity index (χ0) is 22.6. The molecule has 1 aliphatic rings. The van der Waals surface area contributed by atoms with Crippen LogP contribution < -0.4 is 9.47 Å². The van der Waals surface area contributed by atoms with Crippen LogP contribution in [-0.2, 0) is 10.0 Å². The Labute approximate surface area is 178 Å². The van der Waals surface area contributed by atoms with Crippen molar-refractivity contribution in [3.8, 4) is 17.6 Å². The molecule has 3 rings (SSSR count). The lowest BCUT2D eigenvalue weighted by molar-refractivity contribution is -0.0512. The number of amides is 1. The molecule has 11 heteroatoms. The van der Waals surface area contributed by atoms with Gasteiger partial charge in [0.1, 0.15) is 0 Å². The summed E-state index contributed by atoms with van der Waals surface area (Å²) in [5.41, 5.74) is 0.476. The minimum absolute atomic E-state index is 0.0650. The van der Waals surface area contributed by atoms with Crippen molar-refractivity contribution < 1.29 is 31.5 Å². The van der Waals surface area contributed by atoms with Crippen molar-refractivity contribution >= 4 is 15.9 Å². The number of halogens is 2. The van der Waals surface area contributed by atoms with Gasteiger partial charge in [-0.15, -0.1) is 0 Å². The van der Waals surface area contributed by atoms with Gasteiger partial charge in [0.2, 0.25) is 10.0 Å². The summed E-state index contributed by atoms with van der Waals surface area (Å²) in [5, 5.41) is 8.85. The first-order valence-corrected chi connectivity index (χ1v) is 10.6. The second-order valence-corrected chi connectivity index (χ2v) is 8.51. The Morgan fingerprint density at radius 2 is 1.71 bits per heavy atom. The van der Waals surface area contributed by atoms with E-state index in [1.165, 1.54) is 58.8 Å². The van der Waals surface area contributed by atoms with E-state index in [4.69, 9.17) is 10.00 Å². The van der Waals surface area contributed by atoms with Gasteiger partial charge in [0.25, 0.3) is 5.91 Å². The predicted molar refractivity (Wildman–Crippen MR) is 105 cm³/mol. The van der Waals surface area contributed by atoms with Crippen molar-refractivity contribution in [1.82, 2.24) is 9.21 Å². The Morgan fingerprint density at radius 1 is 1.06 bits per heavy atom. The van der Waals surface area contributed by atoms with E-state index < -0.39 is 22.5 Å². The molecule has 0 spiro atoms. The SMILES string of the molecule is COc1ccc(C(=O)N2CCN(S(=O)(=O)c3ccc(C#N)cc3)CC2)cc1OC(F)F. The van der Waals surface area contributed by atoms with E-state index in [-0.39, 0.29) is 48.1 Å². The normalized spacial score (nSPS) is 14.9. The fraction of sp³-hybridized carbons (Fsp3) is 0.300. The molecule has 8 nitrogen and oxygen atoms in total. The average Bonchev–Trinajstić information content (AvgIpc) is 2.78. The lowest BCUT2D eigenvalue weighted by Gasteiger charge is -2.34. The van der Waals surface area contributed by atoms with Crippen LogP contribution in [-0.4, -0.2) is 63.4 Å². The van der Waals surface area contributed by atoms with Gasteiger partial charge in [0, 0.05) is 31.7 Å². The van der Waals surface area contributed by atoms with Crippen molar-refractivity contribution in [2.75, 3.05) is 33.3 Å². The highest BCUT2D eigenvalue weighted by atomic mass is 32.2. The summed E-state index contributed by atoms with van der Waals surface area (Å²) in [6.07, 6.45) is 0. The van der Waals surface area contributed by atoms with Crippen LogP contribution in [0, 0.1) is 11.3 Å². The van der Waals surface area contributed by atoms with Crippen LogP contribution in [0.4, 0.5) is 8.78 Å². The summed E-state index contributed by atoms with van der Waals surface area (Å²) in [6.45, 7) is -2.67. The van der Waals surface area contributed by atoms with Gasteiger partial charge in [0.05, 0.1) is 23.6 Å². The first-order valence-electron chi connectivity index (χ1n) is 9.18. The fourth-order valence-electron chi connectivity index (χ4n) is 3.16. The van der Waals surface area contributed by atoms with Crippen LogP contribution in [0.2, 0.25) is 0 Å². The van der Waals surface area contributed by atoms with Gasteiger partial charge in [-0.3, -0.25) is 4.79 Å². The fourth-order valence-corrected chi connectivity index (χ4v) is 4.58. The van der Waals surface area contributed by atoms with E-state index in [9.17, 15) is 22.0 Å². The number of ether oxygens (including phenoxy) is 2. The van der Waals surface area contributed by atoms with E-state index in [0.717, 1.165) is 0 Å². The third kappa shape index (κ3) is 4.92. The number of hydrogen-bond donors (Lipinski definition) is 0. The van der Waals surface area contributed by atoms with E-state index in [0.29, 0.717) is 5.56 Å². The lowest BCUT2D eigenvalue weighted by atomic mass is 10.1. The van der Waals surface area contributed by atoms with Gasteiger partial charge in [-0.2, -0.15) is 18.3 Å². The third-order valence-corrected chi connectivity index (χ3v) is 6.69. The minimum Gasteiger partial charge on any atom is -0.493 e. The maximum atomic E-state index is 12.8. The molecule has 0 aromatic heterocycles. The summed E-state index contributed by atoms with van der Waals surface area (Å²) in [4.78, 5) is 14.3. The second kappa shape index (κ2) is 9.28. The number of piperazine rings is 1. The largest absolute Gasteiger partial charge is 0.493 e. The Morgan fingerprint density at radius 3 is 2.26 bits per heavy atom. The first kappa shape index (κ1) is 22.5. The van der Waals surface area contributed by atoms with Crippen molar-refractivity contribution in [3.63, 3.8) is 0 Å². The molecule has 0 unspecified atom stereocenters. The zero-order valence-corrected chi connectivity index (χ0v) is 17.3. The second-order valence-electron chi connectivity index (χ2n) is 6.58. The van der Waals surface area contributed by atoms with E-state index >= 15 is 0 Å². The van der Waals surface area contributed by atoms with Gasteiger partial charge in [0.15, 0.2) is 11.5 Å². The number of benzene rings is 2. The third-order valence-electron chi connectivity index (χ3n) is 4.77. The van der Waals surface area contributed by atoms with Gasteiger partial charge in [-0.1, -0.05) is 0 Å². The topological polar surface area (TPSA) is 99.9 Å². The number of hydrogen-bond acceptors (Lipinski definition) is 6. The molecule has 0 N–H and O–H groups in total. The number of methoxy groups -OCH3 is 1. The maximum absolute atomic E-state index is 12.8. The number of carbonyl (C=O) groups excluding carboxylic acids is 1. The van der Waals surface area contributed by atoms with Gasteiger partial charge < -0.3 is 14.4 Å². The summed E-state index contributed by atoms with van der Waals surface area (Å²) in [6, 6.07) is 11.5. The average molecular weight is 451 g/mol. The summed E-state index contributed by atoms with van der Waals surface area (Å²) in [5.74, 6) is -0.627. The molecule has 1 fully saturated rings. The maximum Gasteiger partial charge on any atom is 0.387 e. The molecule has 0 atom stereocenters. The molecular weight excluding hydrogens is 432 g/mol. The number of nitrogens with zero attached hydrogens (tertiary/aromatic N) is 3. The molecule has 1 amide bonds. The van der Waals surface area contributed by atoms with Crippen LogP contribution in [0.25, 0.3) is 0 Å². The van der Waals surface area contributed by atoms with Crippen LogP contribution >= 0.6 is 0 Å². The van der Waals surface area contributed by atoms with Crippen LogP contribution in [0.5, 0.6) is 11.5 Å². The molecule has 2 aromatic carbocycles. The molecule has 1 aliphatic heterocycles. The molecule has 164 valence electrons. The zero-order valence-electron chi connectivity index (χ0n) is 16.5. The van der Waals surface area contributed by atoms with E-state index in [2.05, 4.69) is 4.74 Å². The highest BCUT2D eigenvalue weighted by Crippen LogP contribution is 2.30. The first-order chi connectivity index (χ1) is 14.8. The highest BCUT2D eigenvalue weighted by Gasteiger charge is 2.30. The Kier molecular flexibility index (Phi) is 6.72. The molecule has 31 heavy (non-hydrogen) atoms. The highest BCUT2D eigenvalue weighted by molar-refractivity contribution is 7.89. The van der Waals surface area contributed by atoms with Crippen LogP contribution in [0.15, 0.2) is 47.4 Å². The summed E-state index contributed by atoms with van der Waals surface area (Å²) < 4.78 is 61.4. The molecule has 0 aliphatic carbocycles. The number of alkyl halides is 2. The van der Waals surface area contributed by atoms with Crippen molar-refractivity contribution in [3.05, 3.63) is 53.6 Å². The predicted octanol–water partition coefficient (Wildman–Crippen LogP) is 2.31. The van der Waals surface area contributed by atoms with Gasteiger partial charge in [-0.05, 0) is 42.5 Å². The summed E-state index contributed by atoms with van der Waals surface area (Å²) >= 11 is 0. The smallest absolute Gasteiger partial charge is 0.387 e. The van der Waals surface area contributed by atoms with Crippen molar-refractivity contribution in [1.29, 1.82) is 5.26 Å². The molecule has 1 heterocycles. The number of carbonyl (C=O) groups is 1. The molecule has 1 saturated heterocycles. The van der Waals surface area contributed by atoms with E-state index in [1.54, 1.807) is 0 Å². The van der Waals surface area contributed by atoms with E-state index in [1.807, 2.05) is 6.07 Å². The van der Waals surface area contributed by atoms with Crippen LogP contribution in [0.3, 0.4) is 0 Å². The molecule has 2 aromatic rings. The van der Waals surface area contributed by atoms with Crippen molar-refractivity contribution in [2.24, 2.45) is 0 Å². The number of nitriles is 1. The van der Waals surface area contributed by atoms with Crippen molar-refractivity contribution in [2.45, 2.75) is 11.5 Å². The molecule has 0 bridgehead atoms. The van der Waals surface area contributed by atoms with Gasteiger partial charge >= 0.3 is 6.61 Å². The Hall–Kier alpha value is -3.23. The number of sulfonamides is 1. The Bertz CT molecular complexity index is 1090. The lowest BCUT2D eigenvalue weighted by Crippen LogP contribution is -2.50. The quantitative estimate of drug-likeness (QED) is 0.668. The standard InChI is InChI=1S/C20H19F2N3O5S/c1-29-17-7-4-15(12-18(17)30-20(21)22)19(26)24-8-10-25(11-9-24)31(27,28)16-5-2-14(13-23)3-6-16/h2-7,12,20H,8-11H2,1H3. The van der Waals surface area contributed by atoms with Gasteiger partial charge in [-0.25, -0.2) is 8.42 Å².